The Kier molecular flexibility index (Phi) is 2.29. The molecule has 0 aromatic rings. The van der Waals surface area contributed by atoms with Gasteiger partial charge in [-0.15, -0.1) is 0 Å². The van der Waals surface area contributed by atoms with Gasteiger partial charge in [-0.3, -0.25) is 0 Å². The van der Waals surface area contributed by atoms with Gasteiger partial charge in [-0.1, -0.05) is 11.6 Å². The van der Waals surface area contributed by atoms with Gasteiger partial charge in [-0.25, -0.2) is 9.50 Å². The van der Waals surface area contributed by atoms with Crippen LogP contribution in [0.2, 0.25) is 0 Å². The molecule has 55 valence electrons. The van der Waals surface area contributed by atoms with E-state index in [1.54, 1.807) is 0 Å². The van der Waals surface area contributed by atoms with E-state index in [2.05, 4.69) is 11.6 Å². The molecule has 0 saturated heterocycles. The zero-order chi connectivity index (χ0) is 7.71. The average molecular weight is 165 g/mol. The Balaban J connectivity index is 4.14. The second kappa shape index (κ2) is 2.30. The minimum Gasteiger partial charge on any atom is -0.231 e. The Morgan fingerprint density at radius 3 is 1.56 bits per heavy atom. The Labute approximate surface area is 53.2 Å². The third kappa shape index (κ3) is 1.98. The van der Waals surface area contributed by atoms with Gasteiger partial charge in [-0.2, -0.15) is 13.2 Å². The molecule has 1 atom stereocenters. The van der Waals surface area contributed by atoms with E-state index in [-0.39, 0.29) is 0 Å². The first-order chi connectivity index (χ1) is 3.81. The Hall–Kier alpha value is -0.0300. The lowest BCUT2D eigenvalue weighted by atomic mass is 10.4. The van der Waals surface area contributed by atoms with Crippen molar-refractivity contribution < 1.29 is 22.7 Å². The maximum Gasteiger partial charge on any atom is 0.439 e. The fourth-order valence-corrected chi connectivity index (χ4v) is 0.0818. The zero-order valence-electron chi connectivity index (χ0n) is 4.01. The molecular weight excluding hydrogens is 163 g/mol. The van der Waals surface area contributed by atoms with Gasteiger partial charge in [0.25, 0.3) is 0 Å². The molecule has 9 heavy (non-hydrogen) atoms. The van der Waals surface area contributed by atoms with Crippen LogP contribution in [0.5, 0.6) is 0 Å². The topological polar surface area (TPSA) is 19.9 Å². The average Bonchev–Trinajstić information content (AvgIpc) is 1.64. The van der Waals surface area contributed by atoms with Gasteiger partial charge >= 0.3 is 11.3 Å². The minimum atomic E-state index is -5.27. The van der Waals surface area contributed by atoms with Crippen molar-refractivity contribution >= 4 is 11.6 Å². The van der Waals surface area contributed by atoms with Crippen LogP contribution in [0.15, 0.2) is 0 Å². The molecule has 1 nitrogen and oxygen atoms in total. The van der Waals surface area contributed by atoms with E-state index in [4.69, 9.17) is 0 Å². The molecule has 0 amide bonds. The maximum absolute atomic E-state index is 11.7. The standard InChI is InChI=1S/C3H2ClF4O/c4-2(5,1-9)3(6,7)8/h1H2. The van der Waals surface area contributed by atoms with E-state index < -0.39 is 17.9 Å². The van der Waals surface area contributed by atoms with Crippen LogP contribution in [-0.2, 0) is 5.11 Å². The van der Waals surface area contributed by atoms with Gasteiger partial charge in [0.15, 0.2) is 0 Å². The second-order valence-corrected chi connectivity index (χ2v) is 1.95. The zero-order valence-corrected chi connectivity index (χ0v) is 4.76. The van der Waals surface area contributed by atoms with Gasteiger partial charge in [0.2, 0.25) is 0 Å². The van der Waals surface area contributed by atoms with Crippen LogP contribution in [0.4, 0.5) is 17.6 Å². The molecule has 0 N–H and O–H groups in total. The second-order valence-electron chi connectivity index (χ2n) is 1.35. The normalized spacial score (nSPS) is 19.3. The number of halogens is 5. The van der Waals surface area contributed by atoms with Crippen LogP contribution in [0, 0.1) is 0 Å². The summed E-state index contributed by atoms with van der Waals surface area (Å²) in [6.45, 7) is -2.02. The highest BCUT2D eigenvalue weighted by Crippen LogP contribution is 2.36. The SMILES string of the molecule is [O]CC(F)(Cl)C(F)(F)F. The summed E-state index contributed by atoms with van der Waals surface area (Å²) < 4.78 is 45.0. The first kappa shape index (κ1) is 8.97. The van der Waals surface area contributed by atoms with Crippen LogP contribution >= 0.6 is 11.6 Å². The Bertz CT molecular complexity index is 98.5. The van der Waals surface area contributed by atoms with Gasteiger partial charge in [0, 0.05) is 0 Å². The molecule has 0 aromatic carbocycles. The lowest BCUT2D eigenvalue weighted by Crippen LogP contribution is -2.38. The van der Waals surface area contributed by atoms with Crippen LogP contribution in [0.25, 0.3) is 0 Å². The van der Waals surface area contributed by atoms with Crippen molar-refractivity contribution in [3.8, 4) is 0 Å². The fourth-order valence-electron chi connectivity index (χ4n) is 0.0818. The van der Waals surface area contributed by atoms with E-state index in [1.165, 1.54) is 0 Å². The summed E-state index contributed by atoms with van der Waals surface area (Å²) in [7, 11) is 0. The lowest BCUT2D eigenvalue weighted by molar-refractivity contribution is -0.212. The maximum atomic E-state index is 11.7. The van der Waals surface area contributed by atoms with Crippen LogP contribution in [0.1, 0.15) is 0 Å². The highest BCUT2D eigenvalue weighted by Gasteiger charge is 2.55. The van der Waals surface area contributed by atoms with Crippen molar-refractivity contribution in [2.45, 2.75) is 11.3 Å². The first-order valence-corrected chi connectivity index (χ1v) is 2.22. The molecule has 0 aromatic heterocycles. The summed E-state index contributed by atoms with van der Waals surface area (Å²) in [4.78, 5) is 0. The number of hydrogen-bond acceptors (Lipinski definition) is 0. The van der Waals surface area contributed by atoms with Crippen molar-refractivity contribution in [2.24, 2.45) is 0 Å². The predicted octanol–water partition coefficient (Wildman–Crippen LogP) is 1.88. The van der Waals surface area contributed by atoms with Crippen molar-refractivity contribution in [3.63, 3.8) is 0 Å². The number of rotatable bonds is 1. The van der Waals surface area contributed by atoms with Crippen molar-refractivity contribution in [3.05, 3.63) is 0 Å². The van der Waals surface area contributed by atoms with Gasteiger partial charge in [-0.05, 0) is 0 Å². The molecule has 0 aliphatic rings. The lowest BCUT2D eigenvalue weighted by Gasteiger charge is -2.16. The third-order valence-electron chi connectivity index (χ3n) is 0.596. The summed E-state index contributed by atoms with van der Waals surface area (Å²) in [5.74, 6) is 0. The van der Waals surface area contributed by atoms with Gasteiger partial charge in [0.05, 0.1) is 0 Å². The van der Waals surface area contributed by atoms with Gasteiger partial charge < -0.3 is 0 Å². The summed E-state index contributed by atoms with van der Waals surface area (Å²) >= 11 is 4.09. The minimum absolute atomic E-state index is 2.02. The summed E-state index contributed by atoms with van der Waals surface area (Å²) in [5, 5.41) is 5.27. The summed E-state index contributed by atoms with van der Waals surface area (Å²) in [6, 6.07) is 0. The van der Waals surface area contributed by atoms with Crippen molar-refractivity contribution in [1.82, 2.24) is 0 Å². The van der Waals surface area contributed by atoms with E-state index in [0.717, 1.165) is 0 Å². The first-order valence-electron chi connectivity index (χ1n) is 1.84. The van der Waals surface area contributed by atoms with E-state index in [0.29, 0.717) is 0 Å². The molecule has 6 heteroatoms. The predicted molar refractivity (Wildman–Crippen MR) is 21.3 cm³/mol. The van der Waals surface area contributed by atoms with E-state index >= 15 is 0 Å². The molecule has 0 heterocycles. The van der Waals surface area contributed by atoms with Crippen LogP contribution in [-0.4, -0.2) is 17.9 Å². The fraction of sp³-hybridized carbons (Fsp3) is 1.00. The summed E-state index contributed by atoms with van der Waals surface area (Å²) in [5.41, 5.74) is 0. The Morgan fingerprint density at radius 2 is 1.56 bits per heavy atom. The van der Waals surface area contributed by atoms with Crippen molar-refractivity contribution in [1.29, 1.82) is 0 Å². The quantitative estimate of drug-likeness (QED) is 0.418. The van der Waals surface area contributed by atoms with Crippen LogP contribution < -0.4 is 0 Å². The molecule has 0 fully saturated rings. The van der Waals surface area contributed by atoms with Crippen molar-refractivity contribution in [2.75, 3.05) is 6.61 Å². The molecule has 0 bridgehead atoms. The molecule has 0 rings (SSSR count). The highest BCUT2D eigenvalue weighted by atomic mass is 35.5. The third-order valence-corrected chi connectivity index (χ3v) is 0.919. The molecule has 0 saturated carbocycles. The van der Waals surface area contributed by atoms with Gasteiger partial charge in [0.1, 0.15) is 6.61 Å². The molecule has 0 spiro atoms. The largest absolute Gasteiger partial charge is 0.439 e. The van der Waals surface area contributed by atoms with E-state index in [9.17, 15) is 22.7 Å². The smallest absolute Gasteiger partial charge is 0.231 e. The Morgan fingerprint density at radius 1 is 1.22 bits per heavy atom. The molecule has 1 unspecified atom stereocenters. The summed E-state index contributed by atoms with van der Waals surface area (Å²) in [6.07, 6.45) is -5.27. The molecule has 0 aliphatic carbocycles. The monoisotopic (exact) mass is 165 g/mol. The highest BCUT2D eigenvalue weighted by molar-refractivity contribution is 6.23. The molecule has 1 radical (unpaired) electrons. The van der Waals surface area contributed by atoms with Crippen LogP contribution in [0.3, 0.4) is 0 Å². The molecule has 0 aliphatic heterocycles. The van der Waals surface area contributed by atoms with E-state index in [1.807, 2.05) is 0 Å². The number of hydrogen-bond donors (Lipinski definition) is 0. The number of alkyl halides is 5. The molecular formula is C3H2ClF4O.